The molecule has 1 rings (SSSR count). The van der Waals surface area contributed by atoms with Crippen molar-refractivity contribution in [2.75, 3.05) is 0 Å². The molecule has 0 aromatic carbocycles. The number of carbonyl (C=O) groups is 1. The highest BCUT2D eigenvalue weighted by Gasteiger charge is 1.98. The molecule has 50 valence electrons. The minimum atomic E-state index is -0.496. The number of halogens is 1. The smallest absolute Gasteiger partial charge is 0.167 e. The summed E-state index contributed by atoms with van der Waals surface area (Å²) in [6.45, 7) is 4.96. The van der Waals surface area contributed by atoms with Crippen LogP contribution in [0.3, 0.4) is 0 Å². The molecule has 0 aliphatic rings. The molecule has 0 aliphatic heterocycles. The molecule has 0 unspecified atom stereocenters. The lowest BCUT2D eigenvalue weighted by Gasteiger charge is -1.92. The number of hydrogen-bond acceptors (Lipinski definition) is 2. The maximum atomic E-state index is 10.5. The van der Waals surface area contributed by atoms with Gasteiger partial charge in [-0.3, -0.25) is 4.79 Å². The molecule has 0 saturated heterocycles. The Balaban J connectivity index is 3.07. The fraction of sp³-hybridized carbons (Fsp3) is 0. The fourth-order valence-electron chi connectivity index (χ4n) is 0.556. The highest BCUT2D eigenvalue weighted by atomic mass is 35.5. The minimum Gasteiger partial charge on any atom is -0.294 e. The van der Waals surface area contributed by atoms with Crippen LogP contribution in [0.2, 0.25) is 5.15 Å². The van der Waals surface area contributed by atoms with Gasteiger partial charge in [0.05, 0.1) is 0 Å². The summed E-state index contributed by atoms with van der Waals surface area (Å²) in [5, 5.41) is 0.274. The summed E-state index contributed by atoms with van der Waals surface area (Å²) in [5.41, 5.74) is 0.375. The van der Waals surface area contributed by atoms with Crippen LogP contribution in [0.4, 0.5) is 0 Å². The van der Waals surface area contributed by atoms with Crippen LogP contribution in [0, 0.1) is 6.92 Å². The van der Waals surface area contributed by atoms with Gasteiger partial charge >= 0.3 is 0 Å². The molecule has 1 aromatic rings. The van der Waals surface area contributed by atoms with E-state index in [-0.39, 0.29) is 5.15 Å². The average molecular weight is 154 g/mol. The minimum absolute atomic E-state index is 0.274. The number of Topliss-reactive ketones (excluding diaryl/α,β-unsaturated/α-hetero) is 1. The number of ketones is 1. The van der Waals surface area contributed by atoms with Crippen LogP contribution in [-0.4, -0.2) is 10.8 Å². The zero-order valence-corrected chi connectivity index (χ0v) is 5.80. The van der Waals surface area contributed by atoms with Crippen molar-refractivity contribution in [1.82, 2.24) is 4.98 Å². The standard InChI is InChI=1S/C7H4ClNO/c1-5(10)6-2-3-9-7(8)4-6/h1-4H. The average Bonchev–Trinajstić information content (AvgIpc) is 1.88. The van der Waals surface area contributed by atoms with Gasteiger partial charge in [0.25, 0.3) is 0 Å². The predicted octanol–water partition coefficient (Wildman–Crippen LogP) is 1.63. The summed E-state index contributed by atoms with van der Waals surface area (Å²) < 4.78 is 0. The number of aromatic nitrogens is 1. The lowest BCUT2D eigenvalue weighted by molar-refractivity contribution is 0.104. The first-order valence-corrected chi connectivity index (χ1v) is 2.99. The van der Waals surface area contributed by atoms with Crippen molar-refractivity contribution in [1.29, 1.82) is 0 Å². The lowest BCUT2D eigenvalue weighted by Crippen LogP contribution is -1.91. The van der Waals surface area contributed by atoms with Crippen molar-refractivity contribution in [3.8, 4) is 0 Å². The molecule has 0 aliphatic carbocycles. The molecule has 3 heteroatoms. The van der Waals surface area contributed by atoms with E-state index >= 15 is 0 Å². The summed E-state index contributed by atoms with van der Waals surface area (Å²) in [6.07, 6.45) is 1.43. The molecule has 2 nitrogen and oxygen atoms in total. The largest absolute Gasteiger partial charge is 0.294 e. The Morgan fingerprint density at radius 2 is 2.40 bits per heavy atom. The topological polar surface area (TPSA) is 30.0 Å². The van der Waals surface area contributed by atoms with E-state index in [2.05, 4.69) is 4.98 Å². The summed E-state index contributed by atoms with van der Waals surface area (Å²) in [4.78, 5) is 14.2. The van der Waals surface area contributed by atoms with Gasteiger partial charge < -0.3 is 0 Å². The van der Waals surface area contributed by atoms with E-state index in [0.717, 1.165) is 0 Å². The summed E-state index contributed by atoms with van der Waals surface area (Å²) in [5.74, 6) is -0.496. The lowest BCUT2D eigenvalue weighted by atomic mass is 10.2. The molecular weight excluding hydrogens is 150 g/mol. The van der Waals surface area contributed by atoms with Gasteiger partial charge in [-0.05, 0) is 12.1 Å². The number of pyridine rings is 1. The Morgan fingerprint density at radius 3 is 2.80 bits per heavy atom. The molecule has 0 bridgehead atoms. The molecule has 2 radical (unpaired) electrons. The van der Waals surface area contributed by atoms with Gasteiger partial charge in [0.15, 0.2) is 5.78 Å². The van der Waals surface area contributed by atoms with Crippen LogP contribution in [0.15, 0.2) is 18.3 Å². The van der Waals surface area contributed by atoms with Crippen molar-refractivity contribution in [3.63, 3.8) is 0 Å². The zero-order valence-electron chi connectivity index (χ0n) is 5.04. The van der Waals surface area contributed by atoms with E-state index in [1.165, 1.54) is 18.3 Å². The van der Waals surface area contributed by atoms with Gasteiger partial charge in [0.1, 0.15) is 5.15 Å². The number of hydrogen-bond donors (Lipinski definition) is 0. The van der Waals surface area contributed by atoms with E-state index in [1.807, 2.05) is 0 Å². The van der Waals surface area contributed by atoms with E-state index in [4.69, 9.17) is 18.5 Å². The maximum Gasteiger partial charge on any atom is 0.167 e. The first-order valence-electron chi connectivity index (χ1n) is 2.61. The second-order valence-electron chi connectivity index (χ2n) is 1.73. The van der Waals surface area contributed by atoms with Gasteiger partial charge in [-0.25, -0.2) is 4.98 Å². The maximum absolute atomic E-state index is 10.5. The van der Waals surface area contributed by atoms with Crippen molar-refractivity contribution in [3.05, 3.63) is 36.0 Å². The van der Waals surface area contributed by atoms with Crippen molar-refractivity contribution < 1.29 is 4.79 Å². The molecule has 10 heavy (non-hydrogen) atoms. The van der Waals surface area contributed by atoms with Crippen LogP contribution in [0.25, 0.3) is 0 Å². The molecule has 0 spiro atoms. The van der Waals surface area contributed by atoms with E-state index in [9.17, 15) is 4.79 Å². The molecule has 0 saturated carbocycles. The van der Waals surface area contributed by atoms with Gasteiger partial charge in [0.2, 0.25) is 0 Å². The van der Waals surface area contributed by atoms with Gasteiger partial charge in [-0.1, -0.05) is 11.6 Å². The highest BCUT2D eigenvalue weighted by molar-refractivity contribution is 6.29. The quantitative estimate of drug-likeness (QED) is 0.454. The van der Waals surface area contributed by atoms with Crippen LogP contribution >= 0.6 is 11.6 Å². The van der Waals surface area contributed by atoms with Gasteiger partial charge in [-0.15, -0.1) is 0 Å². The SMILES string of the molecule is [CH]C(=O)c1ccnc(Cl)c1. The first-order chi connectivity index (χ1) is 4.70. The fourth-order valence-corrected chi connectivity index (χ4v) is 0.730. The third kappa shape index (κ3) is 1.54. The normalized spacial score (nSPS) is 9.40. The Kier molecular flexibility index (Phi) is 2.02. The number of nitrogens with zero attached hydrogens (tertiary/aromatic N) is 1. The zero-order chi connectivity index (χ0) is 7.56. The van der Waals surface area contributed by atoms with Gasteiger partial charge in [0, 0.05) is 18.7 Å². The van der Waals surface area contributed by atoms with Crippen molar-refractivity contribution in [2.24, 2.45) is 0 Å². The van der Waals surface area contributed by atoms with Crippen LogP contribution in [-0.2, 0) is 0 Å². The van der Waals surface area contributed by atoms with Crippen molar-refractivity contribution in [2.45, 2.75) is 0 Å². The molecule has 1 aromatic heterocycles. The molecular formula is C7H4ClNO. The Labute approximate surface area is 63.8 Å². The molecule has 0 amide bonds. The Bertz CT molecular complexity index is 260. The third-order valence-corrected chi connectivity index (χ3v) is 1.22. The Hall–Kier alpha value is -0.890. The summed E-state index contributed by atoms with van der Waals surface area (Å²) in [7, 11) is 0. The van der Waals surface area contributed by atoms with Gasteiger partial charge in [-0.2, -0.15) is 0 Å². The van der Waals surface area contributed by atoms with E-state index in [1.54, 1.807) is 0 Å². The summed E-state index contributed by atoms with van der Waals surface area (Å²) in [6, 6.07) is 2.93. The number of rotatable bonds is 1. The number of carbonyl (C=O) groups excluding carboxylic acids is 1. The monoisotopic (exact) mass is 153 g/mol. The predicted molar refractivity (Wildman–Crippen MR) is 37.9 cm³/mol. The second-order valence-corrected chi connectivity index (χ2v) is 2.12. The Morgan fingerprint density at radius 1 is 1.70 bits per heavy atom. The van der Waals surface area contributed by atoms with Crippen LogP contribution in [0.1, 0.15) is 10.4 Å². The van der Waals surface area contributed by atoms with Crippen LogP contribution in [0.5, 0.6) is 0 Å². The third-order valence-electron chi connectivity index (χ3n) is 1.01. The van der Waals surface area contributed by atoms with E-state index < -0.39 is 5.78 Å². The molecule has 0 N–H and O–H groups in total. The van der Waals surface area contributed by atoms with E-state index in [0.29, 0.717) is 5.56 Å². The second kappa shape index (κ2) is 2.80. The highest BCUT2D eigenvalue weighted by Crippen LogP contribution is 2.06. The summed E-state index contributed by atoms with van der Waals surface area (Å²) >= 11 is 5.47. The molecule has 0 atom stereocenters. The first kappa shape index (κ1) is 7.22. The van der Waals surface area contributed by atoms with Crippen molar-refractivity contribution >= 4 is 17.4 Å². The molecule has 0 fully saturated rings. The van der Waals surface area contributed by atoms with Crippen LogP contribution < -0.4 is 0 Å². The molecule has 1 heterocycles.